The number of carbonyl (C=O) groups is 2. The Balaban J connectivity index is 1.13. The number of ether oxygens (including phenoxy) is 3. The average Bonchev–Trinajstić information content (AvgIpc) is 3.50. The van der Waals surface area contributed by atoms with E-state index in [0.29, 0.717) is 25.9 Å². The fraction of sp³-hybridized carbons (Fsp3) is 0.727. The second-order valence-corrected chi connectivity index (χ2v) is 11.4. The molecule has 4 saturated carbocycles. The van der Waals surface area contributed by atoms with Crippen molar-refractivity contribution in [3.05, 3.63) is 24.8 Å². The Morgan fingerprint density at radius 1 is 1.03 bits per heavy atom. The van der Waals surface area contributed by atoms with E-state index < -0.39 is 33.5 Å². The third-order valence-corrected chi connectivity index (χ3v) is 9.59. The van der Waals surface area contributed by atoms with Gasteiger partial charge in [0.2, 0.25) is 0 Å². The molecule has 8 nitrogen and oxygen atoms in total. The molecule has 9 unspecified atom stereocenters. The van der Waals surface area contributed by atoms with Crippen LogP contribution in [0.5, 0.6) is 0 Å². The highest BCUT2D eigenvalue weighted by Crippen LogP contribution is 2.56. The summed E-state index contributed by atoms with van der Waals surface area (Å²) in [5.74, 6) is -0.686. The second-order valence-electron chi connectivity index (χ2n) is 9.57. The van der Waals surface area contributed by atoms with Crippen molar-refractivity contribution in [1.82, 2.24) is 0 Å². The van der Waals surface area contributed by atoms with E-state index in [2.05, 4.69) is 13.2 Å². The van der Waals surface area contributed by atoms with Crippen LogP contribution in [0.1, 0.15) is 32.1 Å². The average molecular weight is 453 g/mol. The summed E-state index contributed by atoms with van der Waals surface area (Å²) < 4.78 is 46.2. The third-order valence-electron chi connectivity index (χ3n) is 7.82. The molecule has 5 aliphatic rings. The van der Waals surface area contributed by atoms with Gasteiger partial charge >= 0.3 is 11.9 Å². The molecule has 1 aliphatic heterocycles. The molecule has 4 bridgehead atoms. The Kier molecular flexibility index (Phi) is 5.26. The summed E-state index contributed by atoms with van der Waals surface area (Å²) in [5, 5.41) is -0.424. The van der Waals surface area contributed by atoms with E-state index in [9.17, 15) is 18.0 Å². The quantitative estimate of drug-likeness (QED) is 0.180. The van der Waals surface area contributed by atoms with E-state index in [1.807, 2.05) is 0 Å². The van der Waals surface area contributed by atoms with Crippen LogP contribution in [-0.4, -0.2) is 57.1 Å². The van der Waals surface area contributed by atoms with Crippen LogP contribution in [0.3, 0.4) is 0 Å². The van der Waals surface area contributed by atoms with E-state index in [1.54, 1.807) is 6.08 Å². The zero-order valence-corrected chi connectivity index (χ0v) is 18.1. The first-order chi connectivity index (χ1) is 14.8. The highest BCUT2D eigenvalue weighted by atomic mass is 32.2. The maximum absolute atomic E-state index is 12.9. The normalized spacial score (nSPS) is 43.2. The molecule has 9 atom stereocenters. The zero-order valence-electron chi connectivity index (χ0n) is 17.3. The number of hydrogen-bond acceptors (Lipinski definition) is 8. The van der Waals surface area contributed by atoms with Gasteiger partial charge in [-0.1, -0.05) is 12.7 Å². The van der Waals surface area contributed by atoms with Crippen LogP contribution in [0.2, 0.25) is 0 Å². The molecule has 1 saturated heterocycles. The molecule has 170 valence electrons. The van der Waals surface area contributed by atoms with E-state index in [4.69, 9.17) is 18.4 Å². The Hall–Kier alpha value is -1.71. The van der Waals surface area contributed by atoms with Gasteiger partial charge in [-0.2, -0.15) is 8.42 Å². The monoisotopic (exact) mass is 452 g/mol. The van der Waals surface area contributed by atoms with Gasteiger partial charge in [0.1, 0.15) is 18.3 Å². The molecular formula is C22H28O8S. The lowest BCUT2D eigenvalue weighted by atomic mass is 9.87. The van der Waals surface area contributed by atoms with Gasteiger partial charge in [-0.3, -0.25) is 8.98 Å². The van der Waals surface area contributed by atoms with Gasteiger partial charge in [0.05, 0.1) is 30.0 Å². The molecule has 0 spiro atoms. The first kappa shape index (κ1) is 21.2. The van der Waals surface area contributed by atoms with Crippen LogP contribution in [-0.2, 0) is 38.1 Å². The minimum Gasteiger partial charge on any atom is -0.459 e. The molecule has 0 aromatic carbocycles. The zero-order chi connectivity index (χ0) is 21.9. The summed E-state index contributed by atoms with van der Waals surface area (Å²) in [4.78, 5) is 25.1. The van der Waals surface area contributed by atoms with Gasteiger partial charge in [-0.05, 0) is 43.9 Å². The highest BCUT2D eigenvalue weighted by Gasteiger charge is 2.65. The van der Waals surface area contributed by atoms with Crippen molar-refractivity contribution < 1.29 is 36.4 Å². The summed E-state index contributed by atoms with van der Waals surface area (Å²) >= 11 is 0. The van der Waals surface area contributed by atoms with Crippen LogP contribution < -0.4 is 0 Å². The molecule has 0 aromatic heterocycles. The predicted octanol–water partition coefficient (Wildman–Crippen LogP) is 1.75. The maximum atomic E-state index is 12.9. The Morgan fingerprint density at radius 2 is 1.84 bits per heavy atom. The van der Waals surface area contributed by atoms with Gasteiger partial charge in [-0.25, -0.2) is 4.79 Å². The number of rotatable bonds is 8. The van der Waals surface area contributed by atoms with Crippen molar-refractivity contribution in [2.75, 3.05) is 13.2 Å². The lowest BCUT2D eigenvalue weighted by Crippen LogP contribution is -2.40. The first-order valence-corrected chi connectivity index (χ1v) is 12.5. The molecule has 5 rings (SSSR count). The molecule has 5 fully saturated rings. The second kappa shape index (κ2) is 7.71. The number of esters is 2. The number of hydrogen-bond donors (Lipinski definition) is 0. The van der Waals surface area contributed by atoms with Crippen LogP contribution in [0.4, 0.5) is 0 Å². The van der Waals surface area contributed by atoms with Gasteiger partial charge in [0, 0.05) is 11.8 Å². The lowest BCUT2D eigenvalue weighted by molar-refractivity contribution is -0.164. The van der Waals surface area contributed by atoms with Crippen molar-refractivity contribution in [2.24, 2.45) is 29.6 Å². The van der Waals surface area contributed by atoms with E-state index in [1.165, 1.54) is 0 Å². The van der Waals surface area contributed by atoms with Crippen LogP contribution in [0.25, 0.3) is 0 Å². The standard InChI is InChI=1S/C22H28O8S/c1-3-4-27-10-11(2)21(23)28-17-8-12-5-13(17)6-15(12)22(24)29-19-14-7-16-18(9-14)31(25,26)30-20(16)19/h3,12-20H,1-2,4-10H2. The minimum atomic E-state index is -3.52. The Labute approximate surface area is 182 Å². The SMILES string of the molecule is C=CCOCC(=C)C(=O)OC1CC2CC1CC2C(=O)OC1C2CC3C1OS(=O)(=O)C3C2. The fourth-order valence-electron chi connectivity index (χ4n) is 6.47. The number of fused-ring (bicyclic) bond motifs is 3. The fourth-order valence-corrected chi connectivity index (χ4v) is 8.35. The van der Waals surface area contributed by atoms with Gasteiger partial charge < -0.3 is 14.2 Å². The Morgan fingerprint density at radius 3 is 2.55 bits per heavy atom. The smallest absolute Gasteiger partial charge is 0.336 e. The summed E-state index contributed by atoms with van der Waals surface area (Å²) in [6.07, 6.45) is 3.75. The summed E-state index contributed by atoms with van der Waals surface area (Å²) in [7, 11) is -3.52. The molecule has 31 heavy (non-hydrogen) atoms. The van der Waals surface area contributed by atoms with Crippen molar-refractivity contribution in [1.29, 1.82) is 0 Å². The molecule has 0 radical (unpaired) electrons. The molecule has 4 aliphatic carbocycles. The summed E-state index contributed by atoms with van der Waals surface area (Å²) in [6, 6.07) is 0. The largest absolute Gasteiger partial charge is 0.459 e. The Bertz CT molecular complexity index is 910. The molecule has 0 amide bonds. The third kappa shape index (κ3) is 3.54. The van der Waals surface area contributed by atoms with E-state index >= 15 is 0 Å². The van der Waals surface area contributed by atoms with Crippen molar-refractivity contribution in [2.45, 2.75) is 55.7 Å². The molecule has 0 aromatic rings. The van der Waals surface area contributed by atoms with Crippen molar-refractivity contribution >= 4 is 22.1 Å². The van der Waals surface area contributed by atoms with E-state index in [0.717, 1.165) is 12.8 Å². The summed E-state index contributed by atoms with van der Waals surface area (Å²) in [6.45, 7) is 7.71. The maximum Gasteiger partial charge on any atom is 0.336 e. The predicted molar refractivity (Wildman–Crippen MR) is 108 cm³/mol. The minimum absolute atomic E-state index is 0.0415. The van der Waals surface area contributed by atoms with E-state index in [-0.39, 0.29) is 53.8 Å². The van der Waals surface area contributed by atoms with Crippen LogP contribution in [0.15, 0.2) is 24.8 Å². The molecular weight excluding hydrogens is 424 g/mol. The van der Waals surface area contributed by atoms with Crippen LogP contribution in [0, 0.1) is 29.6 Å². The lowest BCUT2D eigenvalue weighted by Gasteiger charge is -2.30. The van der Waals surface area contributed by atoms with Crippen molar-refractivity contribution in [3.8, 4) is 0 Å². The van der Waals surface area contributed by atoms with Crippen LogP contribution >= 0.6 is 0 Å². The molecule has 9 heteroatoms. The molecule has 1 heterocycles. The number of carbonyl (C=O) groups excluding carboxylic acids is 2. The van der Waals surface area contributed by atoms with Gasteiger partial charge in [-0.15, -0.1) is 6.58 Å². The van der Waals surface area contributed by atoms with Gasteiger partial charge in [0.15, 0.2) is 0 Å². The topological polar surface area (TPSA) is 105 Å². The summed E-state index contributed by atoms with van der Waals surface area (Å²) in [5.41, 5.74) is 0.265. The van der Waals surface area contributed by atoms with Crippen molar-refractivity contribution in [3.63, 3.8) is 0 Å². The first-order valence-electron chi connectivity index (χ1n) is 11.0. The highest BCUT2D eigenvalue weighted by molar-refractivity contribution is 7.87. The molecule has 0 N–H and O–H groups in total. The van der Waals surface area contributed by atoms with Gasteiger partial charge in [0.25, 0.3) is 10.1 Å².